The van der Waals surface area contributed by atoms with Gasteiger partial charge in [0.05, 0.1) is 12.2 Å². The average Bonchev–Trinajstić information content (AvgIpc) is 2.97. The van der Waals surface area contributed by atoms with Crippen molar-refractivity contribution < 1.29 is 13.5 Å². The Morgan fingerprint density at radius 1 is 1.04 bits per heavy atom. The van der Waals surface area contributed by atoms with Gasteiger partial charge in [-0.3, -0.25) is 0 Å². The van der Waals surface area contributed by atoms with E-state index in [9.17, 15) is 8.78 Å². The molecule has 1 aromatic heterocycles. The molecule has 0 radical (unpaired) electrons. The van der Waals surface area contributed by atoms with Crippen LogP contribution in [0.2, 0.25) is 0 Å². The van der Waals surface area contributed by atoms with E-state index in [1.54, 1.807) is 34.9 Å². The van der Waals surface area contributed by atoms with Crippen molar-refractivity contribution in [2.24, 2.45) is 7.05 Å². The van der Waals surface area contributed by atoms with E-state index in [-0.39, 0.29) is 11.6 Å². The second kappa shape index (κ2) is 8.11. The fraction of sp³-hybridized carbons (Fsp3) is 0.222. The summed E-state index contributed by atoms with van der Waals surface area (Å²) in [7, 11) is 1.82. The maximum Gasteiger partial charge on any atom is 0.191 e. The first-order chi connectivity index (χ1) is 12.1. The van der Waals surface area contributed by atoms with E-state index in [0.717, 1.165) is 17.3 Å². The van der Waals surface area contributed by atoms with Crippen molar-refractivity contribution in [1.82, 2.24) is 14.8 Å². The highest BCUT2D eigenvalue weighted by Gasteiger charge is 2.14. The van der Waals surface area contributed by atoms with Gasteiger partial charge in [0.15, 0.2) is 11.0 Å². The molecule has 0 N–H and O–H groups in total. The highest BCUT2D eigenvalue weighted by Crippen LogP contribution is 2.24. The smallest absolute Gasteiger partial charge is 0.191 e. The molecule has 2 aromatic carbocycles. The molecule has 0 saturated carbocycles. The second-order valence-electron chi connectivity index (χ2n) is 5.35. The fourth-order valence-electron chi connectivity index (χ4n) is 2.26. The zero-order valence-corrected chi connectivity index (χ0v) is 14.5. The lowest BCUT2D eigenvalue weighted by molar-refractivity contribution is 0.318. The minimum atomic E-state index is -0.317. The van der Waals surface area contributed by atoms with E-state index < -0.39 is 0 Å². The van der Waals surface area contributed by atoms with Gasteiger partial charge in [-0.1, -0.05) is 23.9 Å². The number of hydrogen-bond donors (Lipinski definition) is 0. The van der Waals surface area contributed by atoms with Gasteiger partial charge in [-0.15, -0.1) is 10.2 Å². The van der Waals surface area contributed by atoms with Gasteiger partial charge in [0.2, 0.25) is 0 Å². The lowest BCUT2D eigenvalue weighted by Crippen LogP contribution is -2.00. The zero-order valence-electron chi connectivity index (χ0n) is 13.7. The summed E-state index contributed by atoms with van der Waals surface area (Å²) < 4.78 is 34.0. The Kier molecular flexibility index (Phi) is 5.65. The summed E-state index contributed by atoms with van der Waals surface area (Å²) >= 11 is 1.53. The minimum absolute atomic E-state index is 0.282. The van der Waals surface area contributed by atoms with Crippen molar-refractivity contribution in [3.63, 3.8) is 0 Å². The molecule has 0 fully saturated rings. The summed E-state index contributed by atoms with van der Waals surface area (Å²) in [6, 6.07) is 12.5. The summed E-state index contributed by atoms with van der Waals surface area (Å²) in [6.07, 6.45) is 0.796. The zero-order chi connectivity index (χ0) is 17.6. The van der Waals surface area contributed by atoms with Crippen LogP contribution in [0, 0.1) is 11.6 Å². The van der Waals surface area contributed by atoms with E-state index in [0.29, 0.717) is 23.7 Å². The number of rotatable bonds is 7. The van der Waals surface area contributed by atoms with Crippen molar-refractivity contribution in [3.05, 3.63) is 60.2 Å². The van der Waals surface area contributed by atoms with Gasteiger partial charge in [-0.2, -0.15) is 0 Å². The molecule has 0 spiro atoms. The molecule has 0 aliphatic rings. The van der Waals surface area contributed by atoms with Crippen LogP contribution < -0.4 is 4.74 Å². The topological polar surface area (TPSA) is 39.9 Å². The van der Waals surface area contributed by atoms with Crippen molar-refractivity contribution in [2.75, 3.05) is 12.4 Å². The Labute approximate surface area is 148 Å². The molecule has 1 heterocycles. The predicted molar refractivity (Wildman–Crippen MR) is 93.6 cm³/mol. The summed E-state index contributed by atoms with van der Waals surface area (Å²) in [4.78, 5) is 0. The Hall–Kier alpha value is -2.41. The standard InChI is InChI=1S/C18H17F2N3OS/c1-23-17(15-5-2-3-6-16(15)20)21-22-18(23)25-12-4-11-24-14-9-7-13(19)8-10-14/h2-3,5-10H,4,11-12H2,1H3. The predicted octanol–water partition coefficient (Wildman–Crippen LogP) is 4.32. The van der Waals surface area contributed by atoms with Crippen LogP contribution in [0.15, 0.2) is 53.7 Å². The molecular weight excluding hydrogens is 344 g/mol. The van der Waals surface area contributed by atoms with Crippen molar-refractivity contribution in [3.8, 4) is 17.1 Å². The van der Waals surface area contributed by atoms with Gasteiger partial charge in [0, 0.05) is 12.8 Å². The Morgan fingerprint density at radius 3 is 2.56 bits per heavy atom. The maximum atomic E-state index is 13.9. The van der Waals surface area contributed by atoms with Crippen LogP contribution >= 0.6 is 11.8 Å². The Balaban J connectivity index is 1.51. The number of benzene rings is 2. The molecule has 0 saturated heterocycles. The largest absolute Gasteiger partial charge is 0.494 e. The highest BCUT2D eigenvalue weighted by molar-refractivity contribution is 7.99. The maximum absolute atomic E-state index is 13.9. The molecule has 3 rings (SSSR count). The van der Waals surface area contributed by atoms with Crippen molar-refractivity contribution in [1.29, 1.82) is 0 Å². The highest BCUT2D eigenvalue weighted by atomic mass is 32.2. The van der Waals surface area contributed by atoms with Gasteiger partial charge < -0.3 is 9.30 Å². The van der Waals surface area contributed by atoms with E-state index in [1.165, 1.54) is 30.0 Å². The fourth-order valence-corrected chi connectivity index (χ4v) is 3.08. The summed E-state index contributed by atoms with van der Waals surface area (Å²) in [5.41, 5.74) is 0.434. The van der Waals surface area contributed by atoms with Gasteiger partial charge >= 0.3 is 0 Å². The number of hydrogen-bond acceptors (Lipinski definition) is 4. The molecular formula is C18H17F2N3OS. The first kappa shape index (κ1) is 17.4. The number of thioether (sulfide) groups is 1. The van der Waals surface area contributed by atoms with E-state index in [4.69, 9.17) is 4.74 Å². The molecule has 0 bridgehead atoms. The summed E-state index contributed by atoms with van der Waals surface area (Å²) in [6.45, 7) is 0.524. The van der Waals surface area contributed by atoms with Crippen molar-refractivity contribution >= 4 is 11.8 Å². The monoisotopic (exact) mass is 361 g/mol. The number of nitrogens with zero attached hydrogens (tertiary/aromatic N) is 3. The summed E-state index contributed by atoms with van der Waals surface area (Å²) in [5.74, 6) is 1.33. The number of halogens is 2. The van der Waals surface area contributed by atoms with Crippen LogP contribution in [-0.4, -0.2) is 27.1 Å². The molecule has 0 aliphatic carbocycles. The average molecular weight is 361 g/mol. The quantitative estimate of drug-likeness (QED) is 0.464. The van der Waals surface area contributed by atoms with Crippen LogP contribution in [0.4, 0.5) is 8.78 Å². The van der Waals surface area contributed by atoms with E-state index in [1.807, 2.05) is 7.05 Å². The van der Waals surface area contributed by atoms with Crippen molar-refractivity contribution in [2.45, 2.75) is 11.6 Å². The normalized spacial score (nSPS) is 10.8. The van der Waals surface area contributed by atoms with E-state index >= 15 is 0 Å². The molecule has 0 atom stereocenters. The lowest BCUT2D eigenvalue weighted by atomic mass is 10.2. The molecule has 0 amide bonds. The molecule has 25 heavy (non-hydrogen) atoms. The van der Waals surface area contributed by atoms with Crippen LogP contribution in [0.1, 0.15) is 6.42 Å². The molecule has 4 nitrogen and oxygen atoms in total. The van der Waals surface area contributed by atoms with Crippen LogP contribution in [-0.2, 0) is 7.05 Å². The third-order valence-electron chi connectivity index (χ3n) is 3.55. The Bertz CT molecular complexity index is 837. The van der Waals surface area contributed by atoms with E-state index in [2.05, 4.69) is 10.2 Å². The van der Waals surface area contributed by atoms with Crippen LogP contribution in [0.3, 0.4) is 0 Å². The molecule has 7 heteroatoms. The van der Waals surface area contributed by atoms with Gasteiger partial charge in [-0.05, 0) is 42.8 Å². The van der Waals surface area contributed by atoms with Gasteiger partial charge in [-0.25, -0.2) is 8.78 Å². The van der Waals surface area contributed by atoms with Crippen LogP contribution in [0.5, 0.6) is 5.75 Å². The summed E-state index contributed by atoms with van der Waals surface area (Å²) in [5, 5.41) is 8.93. The SMILES string of the molecule is Cn1c(SCCCOc2ccc(F)cc2)nnc1-c1ccccc1F. The molecule has 0 unspecified atom stereocenters. The lowest BCUT2D eigenvalue weighted by Gasteiger charge is -2.06. The molecule has 130 valence electrons. The van der Waals surface area contributed by atoms with Gasteiger partial charge in [0.1, 0.15) is 17.4 Å². The third kappa shape index (κ3) is 4.36. The molecule has 3 aromatic rings. The van der Waals surface area contributed by atoms with Gasteiger partial charge in [0.25, 0.3) is 0 Å². The molecule has 0 aliphatic heterocycles. The number of aromatic nitrogens is 3. The first-order valence-electron chi connectivity index (χ1n) is 7.80. The second-order valence-corrected chi connectivity index (χ2v) is 6.41. The Morgan fingerprint density at radius 2 is 1.80 bits per heavy atom. The minimum Gasteiger partial charge on any atom is -0.494 e. The first-order valence-corrected chi connectivity index (χ1v) is 8.79. The van der Waals surface area contributed by atoms with Crippen LogP contribution in [0.25, 0.3) is 11.4 Å². The number of ether oxygens (including phenoxy) is 1. The third-order valence-corrected chi connectivity index (χ3v) is 4.66.